The van der Waals surface area contributed by atoms with Crippen LogP contribution in [0.15, 0.2) is 41.0 Å². The summed E-state index contributed by atoms with van der Waals surface area (Å²) >= 11 is 3.18. The molecule has 30 heavy (non-hydrogen) atoms. The minimum Gasteiger partial charge on any atom is -0.481 e. The predicted octanol–water partition coefficient (Wildman–Crippen LogP) is 4.47. The topological polar surface area (TPSA) is 83.4 Å². The van der Waals surface area contributed by atoms with Crippen molar-refractivity contribution in [1.29, 1.82) is 0 Å². The number of thiophene rings is 1. The van der Waals surface area contributed by atoms with Gasteiger partial charge >= 0.3 is 5.97 Å². The van der Waals surface area contributed by atoms with Crippen molar-refractivity contribution in [3.8, 4) is 11.1 Å². The molecular weight excluding hydrogens is 418 g/mol. The summed E-state index contributed by atoms with van der Waals surface area (Å²) in [4.78, 5) is 35.2. The van der Waals surface area contributed by atoms with Gasteiger partial charge in [0.15, 0.2) is 0 Å². The Labute approximate surface area is 183 Å². The van der Waals surface area contributed by atoms with Crippen molar-refractivity contribution in [1.82, 2.24) is 14.9 Å². The normalized spacial score (nSPS) is 14.9. The number of aryl methyl sites for hydroxylation is 1. The van der Waals surface area contributed by atoms with Gasteiger partial charge in [-0.15, -0.1) is 23.1 Å². The molecule has 1 N–H and O–H groups in total. The van der Waals surface area contributed by atoms with Crippen molar-refractivity contribution in [2.24, 2.45) is 5.92 Å². The molecule has 1 aromatic carbocycles. The van der Waals surface area contributed by atoms with Gasteiger partial charge in [0.05, 0.1) is 11.3 Å². The molecule has 0 unspecified atom stereocenters. The first-order valence-corrected chi connectivity index (χ1v) is 11.8. The van der Waals surface area contributed by atoms with Crippen LogP contribution < -0.4 is 0 Å². The number of carbonyl (C=O) groups excluding carboxylic acids is 1. The van der Waals surface area contributed by atoms with Gasteiger partial charge in [-0.05, 0) is 25.3 Å². The number of carboxylic acid groups (broad SMARTS) is 1. The molecule has 156 valence electrons. The second-order valence-corrected chi connectivity index (χ2v) is 9.41. The Morgan fingerprint density at radius 2 is 1.93 bits per heavy atom. The third kappa shape index (κ3) is 4.49. The Hall–Kier alpha value is -2.45. The van der Waals surface area contributed by atoms with Crippen LogP contribution in [0, 0.1) is 12.8 Å². The fourth-order valence-electron chi connectivity index (χ4n) is 3.67. The van der Waals surface area contributed by atoms with E-state index in [1.807, 2.05) is 0 Å². The summed E-state index contributed by atoms with van der Waals surface area (Å²) in [7, 11) is 0. The van der Waals surface area contributed by atoms with Crippen LogP contribution in [0.1, 0.15) is 24.8 Å². The van der Waals surface area contributed by atoms with Crippen molar-refractivity contribution >= 4 is 45.2 Å². The number of carbonyl (C=O) groups is 2. The molecular formula is C22H23N3O3S2. The smallest absolute Gasteiger partial charge is 0.306 e. The van der Waals surface area contributed by atoms with Crippen molar-refractivity contribution in [2.45, 2.75) is 31.2 Å². The number of aromatic nitrogens is 2. The van der Waals surface area contributed by atoms with E-state index in [1.165, 1.54) is 5.56 Å². The van der Waals surface area contributed by atoms with Gasteiger partial charge in [0, 0.05) is 36.2 Å². The zero-order valence-electron chi connectivity index (χ0n) is 16.7. The number of piperidine rings is 1. The average Bonchev–Trinajstić information content (AvgIpc) is 3.19. The number of hydrogen-bond acceptors (Lipinski definition) is 6. The van der Waals surface area contributed by atoms with Gasteiger partial charge in [-0.3, -0.25) is 9.59 Å². The highest BCUT2D eigenvalue weighted by atomic mass is 32.2. The third-order valence-corrected chi connectivity index (χ3v) is 7.33. The number of fused-ring (bicyclic) bond motifs is 1. The Balaban J connectivity index is 1.42. The van der Waals surface area contributed by atoms with Gasteiger partial charge in [-0.1, -0.05) is 29.8 Å². The molecule has 0 atom stereocenters. The number of likely N-dealkylation sites (tertiary alicyclic amines) is 1. The largest absolute Gasteiger partial charge is 0.481 e. The summed E-state index contributed by atoms with van der Waals surface area (Å²) in [6, 6.07) is 8.42. The van der Waals surface area contributed by atoms with E-state index in [-0.39, 0.29) is 11.8 Å². The van der Waals surface area contributed by atoms with Crippen LogP contribution in [0.2, 0.25) is 0 Å². The van der Waals surface area contributed by atoms with Gasteiger partial charge in [-0.25, -0.2) is 9.97 Å². The summed E-state index contributed by atoms with van der Waals surface area (Å²) in [6.07, 6.45) is 3.07. The van der Waals surface area contributed by atoms with E-state index in [9.17, 15) is 9.59 Å². The molecule has 0 aliphatic carbocycles. The van der Waals surface area contributed by atoms with E-state index in [4.69, 9.17) is 5.11 Å². The van der Waals surface area contributed by atoms with Crippen molar-refractivity contribution < 1.29 is 14.7 Å². The molecule has 1 aliphatic heterocycles. The summed E-state index contributed by atoms with van der Waals surface area (Å²) in [6.45, 7) is 3.13. The molecule has 1 amide bonds. The van der Waals surface area contributed by atoms with Crippen molar-refractivity contribution in [3.05, 3.63) is 41.5 Å². The minimum atomic E-state index is -0.759. The summed E-state index contributed by atoms with van der Waals surface area (Å²) in [5.74, 6) is -0.365. The third-order valence-electron chi connectivity index (χ3n) is 5.45. The quantitative estimate of drug-likeness (QED) is 0.449. The van der Waals surface area contributed by atoms with Crippen LogP contribution in [0.4, 0.5) is 0 Å². The fraction of sp³-hybridized carbons (Fsp3) is 0.364. The first-order valence-electron chi connectivity index (χ1n) is 9.95. The van der Waals surface area contributed by atoms with E-state index in [0.29, 0.717) is 38.1 Å². The van der Waals surface area contributed by atoms with E-state index in [0.717, 1.165) is 26.4 Å². The fourth-order valence-corrected chi connectivity index (χ4v) is 5.59. The standard InChI is InChI=1S/C22H23N3O3S2/c1-14-2-4-15(5-3-14)17-12-30-21-19(17)20(23-13-24-21)29-11-8-18(26)25-9-6-16(7-10-25)22(27)28/h2-5,12-13,16H,6-11H2,1H3,(H,27,28). The molecule has 2 aromatic heterocycles. The zero-order chi connectivity index (χ0) is 21.1. The molecule has 1 aliphatic rings. The molecule has 3 heterocycles. The highest BCUT2D eigenvalue weighted by molar-refractivity contribution is 7.99. The van der Waals surface area contributed by atoms with Crippen molar-refractivity contribution in [2.75, 3.05) is 18.8 Å². The van der Waals surface area contributed by atoms with E-state index in [1.54, 1.807) is 34.3 Å². The zero-order valence-corrected chi connectivity index (χ0v) is 18.3. The van der Waals surface area contributed by atoms with Crippen molar-refractivity contribution in [3.63, 3.8) is 0 Å². The van der Waals surface area contributed by atoms with Gasteiger partial charge in [0.25, 0.3) is 0 Å². The maximum atomic E-state index is 12.5. The average molecular weight is 442 g/mol. The molecule has 0 spiro atoms. The number of nitrogens with zero attached hydrogens (tertiary/aromatic N) is 3. The minimum absolute atomic E-state index is 0.0840. The number of amides is 1. The second kappa shape index (κ2) is 9.14. The Bertz CT molecular complexity index is 1060. The first kappa shape index (κ1) is 20.8. The number of hydrogen-bond donors (Lipinski definition) is 1. The molecule has 1 fully saturated rings. The highest BCUT2D eigenvalue weighted by Crippen LogP contribution is 2.38. The number of aliphatic carboxylic acids is 1. The molecule has 0 radical (unpaired) electrons. The Kier molecular flexibility index (Phi) is 6.34. The first-order chi connectivity index (χ1) is 14.5. The number of carboxylic acids is 1. The lowest BCUT2D eigenvalue weighted by Crippen LogP contribution is -2.40. The lowest BCUT2D eigenvalue weighted by molar-refractivity contribution is -0.145. The maximum Gasteiger partial charge on any atom is 0.306 e. The lowest BCUT2D eigenvalue weighted by Gasteiger charge is -2.30. The van der Waals surface area contributed by atoms with Gasteiger partial charge in [-0.2, -0.15) is 0 Å². The lowest BCUT2D eigenvalue weighted by atomic mass is 9.97. The van der Waals surface area contributed by atoms with Crippen LogP contribution in [-0.4, -0.2) is 50.7 Å². The monoisotopic (exact) mass is 441 g/mol. The van der Waals surface area contributed by atoms with E-state index in [2.05, 4.69) is 46.5 Å². The van der Waals surface area contributed by atoms with Crippen LogP contribution in [-0.2, 0) is 9.59 Å². The van der Waals surface area contributed by atoms with Crippen LogP contribution in [0.25, 0.3) is 21.3 Å². The number of benzene rings is 1. The molecule has 1 saturated heterocycles. The molecule has 3 aromatic rings. The van der Waals surface area contributed by atoms with Crippen LogP contribution in [0.5, 0.6) is 0 Å². The molecule has 6 nitrogen and oxygen atoms in total. The van der Waals surface area contributed by atoms with Crippen LogP contribution >= 0.6 is 23.1 Å². The van der Waals surface area contributed by atoms with Crippen LogP contribution in [0.3, 0.4) is 0 Å². The predicted molar refractivity (Wildman–Crippen MR) is 120 cm³/mol. The molecule has 4 rings (SSSR count). The van der Waals surface area contributed by atoms with Gasteiger partial charge in [0.1, 0.15) is 16.2 Å². The second-order valence-electron chi connectivity index (χ2n) is 7.47. The van der Waals surface area contributed by atoms with Gasteiger partial charge < -0.3 is 10.0 Å². The summed E-state index contributed by atoms with van der Waals surface area (Å²) < 4.78 is 0. The maximum absolute atomic E-state index is 12.5. The SMILES string of the molecule is Cc1ccc(-c2csc3ncnc(SCCC(=O)N4CCC(C(=O)O)CC4)c23)cc1. The van der Waals surface area contributed by atoms with Gasteiger partial charge in [0.2, 0.25) is 5.91 Å². The Morgan fingerprint density at radius 1 is 1.20 bits per heavy atom. The highest BCUT2D eigenvalue weighted by Gasteiger charge is 2.26. The van der Waals surface area contributed by atoms with E-state index < -0.39 is 5.97 Å². The molecule has 8 heteroatoms. The summed E-state index contributed by atoms with van der Waals surface area (Å²) in [5, 5.41) is 13.2. The van der Waals surface area contributed by atoms with E-state index >= 15 is 0 Å². The molecule has 0 saturated carbocycles. The molecule has 0 bridgehead atoms. The number of rotatable bonds is 6. The summed E-state index contributed by atoms with van der Waals surface area (Å²) in [5.41, 5.74) is 3.48. The number of thioether (sulfide) groups is 1. The Morgan fingerprint density at radius 3 is 2.63 bits per heavy atom.